The summed E-state index contributed by atoms with van der Waals surface area (Å²) in [5.74, 6) is -0.0484. The summed E-state index contributed by atoms with van der Waals surface area (Å²) in [4.78, 5) is 4.20. The second-order valence-electron chi connectivity index (χ2n) is 3.44. The van der Waals surface area contributed by atoms with Crippen LogP contribution in [-0.2, 0) is 10.0 Å². The number of hydrogen-bond donors (Lipinski definition) is 3. The summed E-state index contributed by atoms with van der Waals surface area (Å²) in [6.45, 7) is 0.497. The van der Waals surface area contributed by atoms with Crippen LogP contribution in [0.3, 0.4) is 0 Å². The Balaban J connectivity index is 2.47. The van der Waals surface area contributed by atoms with E-state index >= 15 is 0 Å². The minimum absolute atomic E-state index is 0.0484. The van der Waals surface area contributed by atoms with Crippen molar-refractivity contribution in [2.45, 2.75) is 6.42 Å². The molecule has 0 saturated heterocycles. The molecule has 0 unspecified atom stereocenters. The number of primary sulfonamides is 1. The first-order chi connectivity index (χ1) is 7.88. The van der Waals surface area contributed by atoms with Gasteiger partial charge in [-0.25, -0.2) is 13.6 Å². The SMILES string of the molecule is NC(=S)c1cc(NCCCS(N)(=O)=O)ccn1. The van der Waals surface area contributed by atoms with Crippen LogP contribution in [-0.4, -0.2) is 30.7 Å². The third-order valence-electron chi connectivity index (χ3n) is 1.95. The molecule has 0 aromatic carbocycles. The minimum atomic E-state index is -3.39. The monoisotopic (exact) mass is 274 g/mol. The smallest absolute Gasteiger partial charge is 0.209 e. The topological polar surface area (TPSA) is 111 Å². The molecule has 0 amide bonds. The zero-order valence-corrected chi connectivity index (χ0v) is 10.7. The van der Waals surface area contributed by atoms with Crippen LogP contribution in [0.4, 0.5) is 5.69 Å². The zero-order chi connectivity index (χ0) is 12.9. The number of thiocarbonyl (C=S) groups is 1. The lowest BCUT2D eigenvalue weighted by atomic mass is 10.3. The van der Waals surface area contributed by atoms with Crippen molar-refractivity contribution >= 4 is 32.9 Å². The molecule has 1 aromatic heterocycles. The van der Waals surface area contributed by atoms with E-state index in [0.29, 0.717) is 18.7 Å². The summed E-state index contributed by atoms with van der Waals surface area (Å²) in [6.07, 6.45) is 2.01. The molecule has 0 saturated carbocycles. The van der Waals surface area contributed by atoms with Gasteiger partial charge < -0.3 is 11.1 Å². The average Bonchev–Trinajstić information content (AvgIpc) is 2.23. The van der Waals surface area contributed by atoms with Crippen LogP contribution in [0.1, 0.15) is 12.1 Å². The predicted octanol–water partition coefficient (Wildman–Crippen LogP) is -0.194. The summed E-state index contributed by atoms with van der Waals surface area (Å²) >= 11 is 4.80. The van der Waals surface area contributed by atoms with Crippen molar-refractivity contribution in [2.24, 2.45) is 10.9 Å². The van der Waals surface area contributed by atoms with Crippen molar-refractivity contribution in [3.63, 3.8) is 0 Å². The second kappa shape index (κ2) is 5.89. The number of anilines is 1. The lowest BCUT2D eigenvalue weighted by Crippen LogP contribution is -2.19. The molecule has 0 aliphatic rings. The van der Waals surface area contributed by atoms with Gasteiger partial charge in [0.1, 0.15) is 4.99 Å². The largest absolute Gasteiger partial charge is 0.388 e. The van der Waals surface area contributed by atoms with Gasteiger partial charge in [0.05, 0.1) is 11.4 Å². The Morgan fingerprint density at radius 2 is 2.24 bits per heavy atom. The molecule has 17 heavy (non-hydrogen) atoms. The number of nitrogens with two attached hydrogens (primary N) is 2. The molecule has 1 rings (SSSR count). The van der Waals surface area contributed by atoms with Gasteiger partial charge in [-0.2, -0.15) is 0 Å². The first-order valence-electron chi connectivity index (χ1n) is 4.89. The Morgan fingerprint density at radius 3 is 2.82 bits per heavy atom. The van der Waals surface area contributed by atoms with Gasteiger partial charge in [0, 0.05) is 18.4 Å². The molecule has 0 radical (unpaired) electrons. The number of nitrogens with one attached hydrogen (secondary N) is 1. The number of hydrogen-bond acceptors (Lipinski definition) is 5. The summed E-state index contributed by atoms with van der Waals surface area (Å²) in [5, 5.41) is 7.92. The molecule has 0 aliphatic carbocycles. The third kappa shape index (κ3) is 5.57. The van der Waals surface area contributed by atoms with E-state index in [1.54, 1.807) is 18.3 Å². The lowest BCUT2D eigenvalue weighted by Gasteiger charge is -2.06. The molecule has 0 aliphatic heterocycles. The molecular weight excluding hydrogens is 260 g/mol. The van der Waals surface area contributed by atoms with Crippen LogP contribution >= 0.6 is 12.2 Å². The van der Waals surface area contributed by atoms with Crippen LogP contribution in [0.2, 0.25) is 0 Å². The first kappa shape index (κ1) is 13.8. The Morgan fingerprint density at radius 1 is 1.53 bits per heavy atom. The highest BCUT2D eigenvalue weighted by molar-refractivity contribution is 7.89. The molecule has 0 bridgehead atoms. The maximum atomic E-state index is 10.7. The van der Waals surface area contributed by atoms with Crippen LogP contribution in [0.25, 0.3) is 0 Å². The molecule has 5 N–H and O–H groups in total. The fraction of sp³-hybridized carbons (Fsp3) is 0.333. The van der Waals surface area contributed by atoms with Crippen LogP contribution in [0.5, 0.6) is 0 Å². The average molecular weight is 274 g/mol. The highest BCUT2D eigenvalue weighted by atomic mass is 32.2. The van der Waals surface area contributed by atoms with Crippen molar-refractivity contribution in [1.29, 1.82) is 0 Å². The first-order valence-corrected chi connectivity index (χ1v) is 7.01. The summed E-state index contributed by atoms with van der Waals surface area (Å²) in [5.41, 5.74) is 6.75. The molecule has 0 atom stereocenters. The quantitative estimate of drug-likeness (QED) is 0.489. The van der Waals surface area contributed by atoms with E-state index in [2.05, 4.69) is 10.3 Å². The molecule has 94 valence electrons. The summed E-state index contributed by atoms with van der Waals surface area (Å²) < 4.78 is 21.4. The number of pyridine rings is 1. The van der Waals surface area contributed by atoms with Crippen molar-refractivity contribution in [2.75, 3.05) is 17.6 Å². The highest BCUT2D eigenvalue weighted by Crippen LogP contribution is 2.07. The van der Waals surface area contributed by atoms with Crippen molar-refractivity contribution in [3.05, 3.63) is 24.0 Å². The Labute approximate surface area is 105 Å². The van der Waals surface area contributed by atoms with Crippen LogP contribution in [0.15, 0.2) is 18.3 Å². The highest BCUT2D eigenvalue weighted by Gasteiger charge is 2.02. The molecule has 0 fully saturated rings. The molecule has 1 heterocycles. The van der Waals surface area contributed by atoms with Gasteiger partial charge in [-0.15, -0.1) is 0 Å². The van der Waals surface area contributed by atoms with E-state index in [4.69, 9.17) is 23.1 Å². The number of nitrogens with zero attached hydrogens (tertiary/aromatic N) is 1. The normalized spacial score (nSPS) is 11.1. The van der Waals surface area contributed by atoms with Gasteiger partial charge >= 0.3 is 0 Å². The molecular formula is C9H14N4O2S2. The molecule has 6 nitrogen and oxygen atoms in total. The second-order valence-corrected chi connectivity index (χ2v) is 5.62. The van der Waals surface area contributed by atoms with E-state index in [0.717, 1.165) is 5.69 Å². The zero-order valence-electron chi connectivity index (χ0n) is 9.09. The lowest BCUT2D eigenvalue weighted by molar-refractivity contribution is 0.596. The van der Waals surface area contributed by atoms with E-state index in [-0.39, 0.29) is 10.7 Å². The molecule has 8 heteroatoms. The Hall–Kier alpha value is -1.25. The van der Waals surface area contributed by atoms with Crippen LogP contribution < -0.4 is 16.2 Å². The number of aromatic nitrogens is 1. The van der Waals surface area contributed by atoms with Gasteiger partial charge in [0.2, 0.25) is 10.0 Å². The number of sulfonamides is 1. The fourth-order valence-electron chi connectivity index (χ4n) is 1.18. The fourth-order valence-corrected chi connectivity index (χ4v) is 1.84. The molecule has 0 spiro atoms. The predicted molar refractivity (Wildman–Crippen MR) is 71.2 cm³/mol. The van der Waals surface area contributed by atoms with E-state index in [9.17, 15) is 8.42 Å². The van der Waals surface area contributed by atoms with Crippen molar-refractivity contribution in [1.82, 2.24) is 4.98 Å². The Kier molecular flexibility index (Phi) is 4.79. The Bertz CT molecular complexity index is 501. The number of rotatable bonds is 6. The van der Waals surface area contributed by atoms with Gasteiger partial charge in [0.15, 0.2) is 0 Å². The standard InChI is InChI=1S/C9H14N4O2S2/c10-9(16)8-6-7(2-4-13-8)12-3-1-5-17(11,14)15/h2,4,6H,1,3,5H2,(H2,10,16)(H,12,13)(H2,11,14,15). The van der Waals surface area contributed by atoms with Gasteiger partial charge in [-0.1, -0.05) is 12.2 Å². The van der Waals surface area contributed by atoms with E-state index in [1.807, 2.05) is 0 Å². The van der Waals surface area contributed by atoms with E-state index < -0.39 is 10.0 Å². The molecule has 1 aromatic rings. The minimum Gasteiger partial charge on any atom is -0.388 e. The maximum absolute atomic E-state index is 10.7. The maximum Gasteiger partial charge on any atom is 0.209 e. The summed E-state index contributed by atoms with van der Waals surface area (Å²) in [6, 6.07) is 3.46. The van der Waals surface area contributed by atoms with Gasteiger partial charge in [-0.05, 0) is 18.6 Å². The summed E-state index contributed by atoms with van der Waals surface area (Å²) in [7, 11) is -3.39. The van der Waals surface area contributed by atoms with Crippen LogP contribution in [0, 0.1) is 0 Å². The van der Waals surface area contributed by atoms with Crippen molar-refractivity contribution < 1.29 is 8.42 Å². The third-order valence-corrected chi connectivity index (χ3v) is 3.01. The van der Waals surface area contributed by atoms with Crippen molar-refractivity contribution in [3.8, 4) is 0 Å². The van der Waals surface area contributed by atoms with Gasteiger partial charge in [0.25, 0.3) is 0 Å². The van der Waals surface area contributed by atoms with E-state index in [1.165, 1.54) is 0 Å². The van der Waals surface area contributed by atoms with Gasteiger partial charge in [-0.3, -0.25) is 4.98 Å².